The fraction of sp³-hybridized carbons (Fsp3) is 0.364. The Hall–Kier alpha value is -1.24. The van der Waals surface area contributed by atoms with Gasteiger partial charge >= 0.3 is 12.6 Å². The Kier molecular flexibility index (Phi) is 5.46. The third kappa shape index (κ3) is 3.90. The smallest absolute Gasteiger partial charge is 0.387 e. The third-order valence-electron chi connectivity index (χ3n) is 2.12. The van der Waals surface area contributed by atoms with Gasteiger partial charge in [-0.1, -0.05) is 15.9 Å². The number of methoxy groups -OCH3 is 1. The molecule has 3 nitrogen and oxygen atoms in total. The minimum atomic E-state index is -3.05. The molecule has 1 rings (SSSR count). The molecule has 0 bridgehead atoms. The van der Waals surface area contributed by atoms with Crippen molar-refractivity contribution in [2.75, 3.05) is 7.11 Å². The molecule has 100 valence electrons. The van der Waals surface area contributed by atoms with Crippen LogP contribution in [0.5, 0.6) is 5.75 Å². The molecule has 0 aliphatic heterocycles. The molecular weight excluding hydrogens is 317 g/mol. The fourth-order valence-corrected chi connectivity index (χ4v) is 1.83. The zero-order valence-electron chi connectivity index (χ0n) is 9.38. The first-order valence-electron chi connectivity index (χ1n) is 4.86. The number of carbonyl (C=O) groups excluding carboxylic acids is 1. The summed E-state index contributed by atoms with van der Waals surface area (Å²) < 4.78 is 46.6. The quantitative estimate of drug-likeness (QED) is 0.616. The highest BCUT2D eigenvalue weighted by molar-refractivity contribution is 9.08. The normalized spacial score (nSPS) is 10.6. The molecule has 0 saturated carbocycles. The van der Waals surface area contributed by atoms with Crippen LogP contribution in [0.4, 0.5) is 13.2 Å². The van der Waals surface area contributed by atoms with Gasteiger partial charge in [-0.25, -0.2) is 4.39 Å². The number of esters is 1. The Balaban J connectivity index is 3.18. The van der Waals surface area contributed by atoms with Gasteiger partial charge in [-0.3, -0.25) is 4.79 Å². The van der Waals surface area contributed by atoms with Crippen molar-refractivity contribution in [1.82, 2.24) is 0 Å². The zero-order valence-corrected chi connectivity index (χ0v) is 11.0. The first-order valence-corrected chi connectivity index (χ1v) is 5.99. The first kappa shape index (κ1) is 14.8. The van der Waals surface area contributed by atoms with E-state index in [1.54, 1.807) is 0 Å². The third-order valence-corrected chi connectivity index (χ3v) is 2.73. The van der Waals surface area contributed by atoms with Gasteiger partial charge in [-0.15, -0.1) is 0 Å². The molecule has 1 aromatic rings. The van der Waals surface area contributed by atoms with Gasteiger partial charge in [0, 0.05) is 16.5 Å². The van der Waals surface area contributed by atoms with Gasteiger partial charge in [0.25, 0.3) is 0 Å². The number of rotatable bonds is 5. The van der Waals surface area contributed by atoms with Crippen molar-refractivity contribution in [2.24, 2.45) is 0 Å². The lowest BCUT2D eigenvalue weighted by Gasteiger charge is -2.14. The van der Waals surface area contributed by atoms with Gasteiger partial charge in [0.1, 0.15) is 11.6 Å². The second-order valence-corrected chi connectivity index (χ2v) is 3.88. The van der Waals surface area contributed by atoms with Crippen LogP contribution in [0.2, 0.25) is 0 Å². The van der Waals surface area contributed by atoms with Crippen LogP contribution in [-0.2, 0) is 21.3 Å². The molecule has 0 amide bonds. The van der Waals surface area contributed by atoms with Crippen molar-refractivity contribution in [3.05, 3.63) is 29.1 Å². The minimum Gasteiger partial charge on any atom is -0.469 e. The summed E-state index contributed by atoms with van der Waals surface area (Å²) in [5.41, 5.74) is 0.228. The summed E-state index contributed by atoms with van der Waals surface area (Å²) in [6.07, 6.45) is -0.337. The predicted molar refractivity (Wildman–Crippen MR) is 61.4 cm³/mol. The maximum atomic E-state index is 13.3. The van der Waals surface area contributed by atoms with E-state index in [-0.39, 0.29) is 28.6 Å². The van der Waals surface area contributed by atoms with E-state index in [9.17, 15) is 18.0 Å². The van der Waals surface area contributed by atoms with Crippen LogP contribution < -0.4 is 4.74 Å². The molecular formula is C11H10BrF3O3. The maximum Gasteiger partial charge on any atom is 0.387 e. The summed E-state index contributed by atoms with van der Waals surface area (Å²) in [4.78, 5) is 11.1. The van der Waals surface area contributed by atoms with Gasteiger partial charge in [-0.2, -0.15) is 8.78 Å². The van der Waals surface area contributed by atoms with Crippen LogP contribution in [0.25, 0.3) is 0 Å². The van der Waals surface area contributed by atoms with Crippen LogP contribution >= 0.6 is 15.9 Å². The molecule has 0 saturated heterocycles. The molecule has 1 aromatic carbocycles. The molecule has 0 atom stereocenters. The molecule has 18 heavy (non-hydrogen) atoms. The van der Waals surface area contributed by atoms with E-state index in [0.717, 1.165) is 19.2 Å². The van der Waals surface area contributed by atoms with Crippen LogP contribution in [0, 0.1) is 5.82 Å². The Morgan fingerprint density at radius 2 is 2.00 bits per heavy atom. The summed E-state index contributed by atoms with van der Waals surface area (Å²) in [5.74, 6) is -1.50. The summed E-state index contributed by atoms with van der Waals surface area (Å²) in [5, 5.41) is 0.126. The molecule has 0 heterocycles. The number of hydrogen-bond acceptors (Lipinski definition) is 3. The summed E-state index contributed by atoms with van der Waals surface area (Å²) >= 11 is 3.04. The largest absolute Gasteiger partial charge is 0.469 e. The monoisotopic (exact) mass is 326 g/mol. The molecule has 0 spiro atoms. The van der Waals surface area contributed by atoms with E-state index in [4.69, 9.17) is 0 Å². The van der Waals surface area contributed by atoms with Crippen molar-refractivity contribution in [2.45, 2.75) is 18.4 Å². The Morgan fingerprint density at radius 3 is 2.50 bits per heavy atom. The Bertz CT molecular complexity index is 438. The van der Waals surface area contributed by atoms with Crippen molar-refractivity contribution in [3.63, 3.8) is 0 Å². The van der Waals surface area contributed by atoms with Crippen molar-refractivity contribution in [1.29, 1.82) is 0 Å². The van der Waals surface area contributed by atoms with E-state index >= 15 is 0 Å². The fourth-order valence-electron chi connectivity index (χ4n) is 1.41. The van der Waals surface area contributed by atoms with Gasteiger partial charge in [0.15, 0.2) is 0 Å². The molecule has 0 N–H and O–H groups in total. The van der Waals surface area contributed by atoms with Gasteiger partial charge in [0.05, 0.1) is 13.5 Å². The average Bonchev–Trinajstić information content (AvgIpc) is 2.31. The lowest BCUT2D eigenvalue weighted by molar-refractivity contribution is -0.139. The number of ether oxygens (including phenoxy) is 2. The standard InChI is InChI=1S/C11H10BrF3O3/c1-17-9(16)4-6-2-8(13)3-7(5-12)10(6)18-11(14)15/h2-3,11H,4-5H2,1H3. The lowest BCUT2D eigenvalue weighted by Crippen LogP contribution is -2.11. The second kappa shape index (κ2) is 6.63. The minimum absolute atomic E-state index is 0.0246. The van der Waals surface area contributed by atoms with E-state index in [1.807, 2.05) is 0 Å². The van der Waals surface area contributed by atoms with E-state index < -0.39 is 18.4 Å². The summed E-state index contributed by atoms with van der Waals surface area (Å²) in [6.45, 7) is -3.05. The molecule has 0 unspecified atom stereocenters. The second-order valence-electron chi connectivity index (χ2n) is 3.32. The average molecular weight is 327 g/mol. The summed E-state index contributed by atoms with van der Waals surface area (Å²) in [7, 11) is 1.15. The number of hydrogen-bond donors (Lipinski definition) is 0. The van der Waals surface area contributed by atoms with Gasteiger partial charge < -0.3 is 9.47 Å². The topological polar surface area (TPSA) is 35.5 Å². The van der Waals surface area contributed by atoms with Crippen molar-refractivity contribution < 1.29 is 27.4 Å². The molecule has 7 heteroatoms. The number of halogens is 4. The van der Waals surface area contributed by atoms with Crippen LogP contribution in [-0.4, -0.2) is 19.7 Å². The molecule has 0 radical (unpaired) electrons. The predicted octanol–water partition coefficient (Wildman–Crippen LogP) is 3.04. The molecule has 0 aliphatic carbocycles. The zero-order chi connectivity index (χ0) is 13.7. The van der Waals surface area contributed by atoms with Crippen molar-refractivity contribution in [3.8, 4) is 5.75 Å². The highest BCUT2D eigenvalue weighted by Gasteiger charge is 2.18. The van der Waals surface area contributed by atoms with E-state index in [1.165, 1.54) is 0 Å². The number of benzene rings is 1. The SMILES string of the molecule is COC(=O)Cc1cc(F)cc(CBr)c1OC(F)F. The van der Waals surface area contributed by atoms with Crippen LogP contribution in [0.3, 0.4) is 0 Å². The van der Waals surface area contributed by atoms with E-state index in [2.05, 4.69) is 25.4 Å². The number of carbonyl (C=O) groups is 1. The molecule has 0 aromatic heterocycles. The van der Waals surface area contributed by atoms with E-state index in [0.29, 0.717) is 0 Å². The van der Waals surface area contributed by atoms with Gasteiger partial charge in [0.2, 0.25) is 0 Å². The number of alkyl halides is 3. The highest BCUT2D eigenvalue weighted by atomic mass is 79.9. The molecule has 0 aliphatic rings. The van der Waals surface area contributed by atoms with Gasteiger partial charge in [-0.05, 0) is 12.1 Å². The summed E-state index contributed by atoms with van der Waals surface area (Å²) in [6, 6.07) is 2.04. The highest BCUT2D eigenvalue weighted by Crippen LogP contribution is 2.29. The molecule has 0 fully saturated rings. The maximum absolute atomic E-state index is 13.3. The van der Waals surface area contributed by atoms with Crippen LogP contribution in [0.1, 0.15) is 11.1 Å². The lowest BCUT2D eigenvalue weighted by atomic mass is 10.1. The first-order chi connectivity index (χ1) is 8.47. The Labute approximate surface area is 110 Å². The van der Waals surface area contributed by atoms with Crippen molar-refractivity contribution >= 4 is 21.9 Å². The Morgan fingerprint density at radius 1 is 1.39 bits per heavy atom. The van der Waals surface area contributed by atoms with Crippen LogP contribution in [0.15, 0.2) is 12.1 Å².